The smallest absolute Gasteiger partial charge is 0.340 e. The fraction of sp³-hybridized carbons (Fsp3) is 0.692. The number of esters is 1. The summed E-state index contributed by atoms with van der Waals surface area (Å²) in [6, 6.07) is 0. The second-order valence-corrected chi connectivity index (χ2v) is 4.71. The molecule has 0 saturated carbocycles. The Morgan fingerprint density at radius 1 is 1.18 bits per heavy atom. The van der Waals surface area contributed by atoms with E-state index in [9.17, 15) is 9.59 Å². The predicted octanol–water partition coefficient (Wildman–Crippen LogP) is 2.72. The van der Waals surface area contributed by atoms with E-state index in [1.807, 2.05) is 0 Å². The van der Waals surface area contributed by atoms with Crippen molar-refractivity contribution in [3.63, 3.8) is 0 Å². The number of ether oxygens (including phenoxy) is 2. The Morgan fingerprint density at radius 2 is 1.88 bits per heavy atom. The van der Waals surface area contributed by atoms with Crippen LogP contribution in [-0.2, 0) is 19.1 Å². The molecule has 0 radical (unpaired) electrons. The highest BCUT2D eigenvalue weighted by Crippen LogP contribution is 2.29. The zero-order valence-corrected chi connectivity index (χ0v) is 10.7. The summed E-state index contributed by atoms with van der Waals surface area (Å²) >= 11 is 0. The molecule has 0 aromatic heterocycles. The molecule has 1 rings (SSSR count). The van der Waals surface area contributed by atoms with Crippen LogP contribution < -0.4 is 0 Å². The summed E-state index contributed by atoms with van der Waals surface area (Å²) < 4.78 is 10.7. The first kappa shape index (κ1) is 13.7. The van der Waals surface area contributed by atoms with Crippen molar-refractivity contribution in [3.05, 3.63) is 11.3 Å². The molecule has 0 unspecified atom stereocenters. The standard InChI is InChI=1S/C13H20O4/c1-10-11(8-6-4-5-7-9-14)16-13(2,3)17-12(10)15/h9H,4-8H2,1-3H3. The Kier molecular flexibility index (Phi) is 4.73. The summed E-state index contributed by atoms with van der Waals surface area (Å²) in [4.78, 5) is 21.7. The van der Waals surface area contributed by atoms with Crippen molar-refractivity contribution in [1.29, 1.82) is 0 Å². The highest BCUT2D eigenvalue weighted by Gasteiger charge is 2.33. The number of cyclic esters (lactones) is 1. The lowest BCUT2D eigenvalue weighted by atomic mass is 10.1. The molecule has 0 spiro atoms. The van der Waals surface area contributed by atoms with E-state index in [-0.39, 0.29) is 5.97 Å². The maximum Gasteiger partial charge on any atom is 0.340 e. The van der Waals surface area contributed by atoms with Gasteiger partial charge in [-0.1, -0.05) is 6.42 Å². The lowest BCUT2D eigenvalue weighted by Gasteiger charge is -2.32. The molecule has 0 aromatic carbocycles. The zero-order chi connectivity index (χ0) is 12.9. The van der Waals surface area contributed by atoms with Gasteiger partial charge in [0, 0.05) is 26.7 Å². The monoisotopic (exact) mass is 240 g/mol. The van der Waals surface area contributed by atoms with Crippen molar-refractivity contribution in [2.45, 2.75) is 58.7 Å². The summed E-state index contributed by atoms with van der Waals surface area (Å²) in [5.74, 6) is -0.448. The predicted molar refractivity (Wildman–Crippen MR) is 63.1 cm³/mol. The van der Waals surface area contributed by atoms with Gasteiger partial charge in [0.05, 0.1) is 5.57 Å². The molecule has 0 aromatic rings. The zero-order valence-electron chi connectivity index (χ0n) is 10.7. The molecule has 96 valence electrons. The number of allylic oxidation sites excluding steroid dienone is 1. The first-order chi connectivity index (χ1) is 7.96. The van der Waals surface area contributed by atoms with Gasteiger partial charge in [-0.3, -0.25) is 0 Å². The lowest BCUT2D eigenvalue weighted by molar-refractivity contribution is -0.208. The van der Waals surface area contributed by atoms with E-state index in [1.54, 1.807) is 20.8 Å². The minimum atomic E-state index is -0.866. The number of unbranched alkanes of at least 4 members (excludes halogenated alkanes) is 3. The number of aldehydes is 1. The Hall–Kier alpha value is -1.32. The molecular formula is C13H20O4. The van der Waals surface area contributed by atoms with Crippen LogP contribution in [0.5, 0.6) is 0 Å². The van der Waals surface area contributed by atoms with Crippen LogP contribution in [0.25, 0.3) is 0 Å². The van der Waals surface area contributed by atoms with E-state index in [1.165, 1.54) is 0 Å². The number of rotatable bonds is 6. The SMILES string of the molecule is CC1=C(CCCCCC=O)OC(C)(C)OC1=O. The molecule has 0 bridgehead atoms. The molecule has 4 nitrogen and oxygen atoms in total. The molecule has 4 heteroatoms. The van der Waals surface area contributed by atoms with Gasteiger partial charge >= 0.3 is 5.97 Å². The van der Waals surface area contributed by atoms with E-state index in [2.05, 4.69) is 0 Å². The highest BCUT2D eigenvalue weighted by molar-refractivity contribution is 5.89. The van der Waals surface area contributed by atoms with Crippen molar-refractivity contribution >= 4 is 12.3 Å². The first-order valence-electron chi connectivity index (χ1n) is 6.02. The van der Waals surface area contributed by atoms with Gasteiger partial charge in [-0.05, 0) is 19.8 Å². The Balaban J connectivity index is 2.47. The maximum absolute atomic E-state index is 11.5. The van der Waals surface area contributed by atoms with Gasteiger partial charge in [0.1, 0.15) is 12.0 Å². The van der Waals surface area contributed by atoms with E-state index in [4.69, 9.17) is 9.47 Å². The van der Waals surface area contributed by atoms with Crippen LogP contribution in [0, 0.1) is 0 Å². The average Bonchev–Trinajstić information content (AvgIpc) is 2.23. The third kappa shape index (κ3) is 4.21. The maximum atomic E-state index is 11.5. The van der Waals surface area contributed by atoms with Crippen LogP contribution in [-0.4, -0.2) is 18.0 Å². The van der Waals surface area contributed by atoms with E-state index >= 15 is 0 Å². The molecule has 1 heterocycles. The van der Waals surface area contributed by atoms with Crippen LogP contribution in [0.4, 0.5) is 0 Å². The van der Waals surface area contributed by atoms with Crippen LogP contribution in [0.3, 0.4) is 0 Å². The quantitative estimate of drug-likeness (QED) is 0.407. The summed E-state index contributed by atoms with van der Waals surface area (Å²) in [7, 11) is 0. The van der Waals surface area contributed by atoms with Crippen molar-refractivity contribution in [1.82, 2.24) is 0 Å². The van der Waals surface area contributed by atoms with Crippen molar-refractivity contribution in [2.75, 3.05) is 0 Å². The second-order valence-electron chi connectivity index (χ2n) is 4.71. The van der Waals surface area contributed by atoms with Gasteiger partial charge in [0.15, 0.2) is 0 Å². The van der Waals surface area contributed by atoms with Crippen LogP contribution in [0.2, 0.25) is 0 Å². The van der Waals surface area contributed by atoms with Crippen LogP contribution >= 0.6 is 0 Å². The highest BCUT2D eigenvalue weighted by atomic mass is 16.7. The molecule has 0 atom stereocenters. The van der Waals surface area contributed by atoms with Gasteiger partial charge < -0.3 is 14.3 Å². The summed E-state index contributed by atoms with van der Waals surface area (Å²) in [6.45, 7) is 5.17. The Morgan fingerprint density at radius 3 is 2.53 bits per heavy atom. The Bertz CT molecular complexity index is 328. The largest absolute Gasteiger partial charge is 0.457 e. The third-order valence-corrected chi connectivity index (χ3v) is 2.66. The van der Waals surface area contributed by atoms with E-state index in [0.29, 0.717) is 12.0 Å². The third-order valence-electron chi connectivity index (χ3n) is 2.66. The molecule has 0 fully saturated rings. The molecule has 17 heavy (non-hydrogen) atoms. The second kappa shape index (κ2) is 5.84. The molecular weight excluding hydrogens is 220 g/mol. The molecule has 0 aliphatic carbocycles. The molecule has 0 saturated heterocycles. The molecule has 0 amide bonds. The topological polar surface area (TPSA) is 52.6 Å². The van der Waals surface area contributed by atoms with Crippen molar-refractivity contribution in [2.24, 2.45) is 0 Å². The average molecular weight is 240 g/mol. The minimum absolute atomic E-state index is 0.302. The van der Waals surface area contributed by atoms with Gasteiger partial charge in [-0.2, -0.15) is 0 Å². The van der Waals surface area contributed by atoms with Crippen LogP contribution in [0.1, 0.15) is 52.9 Å². The fourth-order valence-electron chi connectivity index (χ4n) is 1.74. The number of hydrogen-bond donors (Lipinski definition) is 0. The van der Waals surface area contributed by atoms with Gasteiger partial charge in [0.2, 0.25) is 5.79 Å². The molecule has 1 aliphatic rings. The van der Waals surface area contributed by atoms with Crippen molar-refractivity contribution < 1.29 is 19.1 Å². The molecule has 1 aliphatic heterocycles. The minimum Gasteiger partial charge on any atom is -0.457 e. The fourth-order valence-corrected chi connectivity index (χ4v) is 1.74. The van der Waals surface area contributed by atoms with E-state index in [0.717, 1.165) is 37.7 Å². The Labute approximate surface area is 102 Å². The van der Waals surface area contributed by atoms with Gasteiger partial charge in [-0.15, -0.1) is 0 Å². The van der Waals surface area contributed by atoms with Crippen molar-refractivity contribution in [3.8, 4) is 0 Å². The molecule has 0 N–H and O–H groups in total. The lowest BCUT2D eigenvalue weighted by Crippen LogP contribution is -2.36. The first-order valence-corrected chi connectivity index (χ1v) is 6.02. The number of hydrogen-bond acceptors (Lipinski definition) is 4. The van der Waals surface area contributed by atoms with E-state index < -0.39 is 5.79 Å². The number of carbonyl (C=O) groups is 2. The number of carbonyl (C=O) groups excluding carboxylic acids is 2. The summed E-state index contributed by atoms with van der Waals surface area (Å²) in [5.41, 5.74) is 0.555. The van der Waals surface area contributed by atoms with Crippen LogP contribution in [0.15, 0.2) is 11.3 Å². The normalized spacial score (nSPS) is 18.6. The summed E-state index contributed by atoms with van der Waals surface area (Å²) in [5, 5.41) is 0. The summed E-state index contributed by atoms with van der Waals surface area (Å²) in [6.07, 6.45) is 5.04. The van der Waals surface area contributed by atoms with Gasteiger partial charge in [-0.25, -0.2) is 4.79 Å². The van der Waals surface area contributed by atoms with Gasteiger partial charge in [0.25, 0.3) is 0 Å².